The summed E-state index contributed by atoms with van der Waals surface area (Å²) in [5.41, 5.74) is 0. The Morgan fingerprint density at radius 3 is 2.44 bits per heavy atom. The van der Waals surface area contributed by atoms with E-state index < -0.39 is 9.84 Å². The molecule has 1 aromatic carbocycles. The number of hydrogen-bond acceptors (Lipinski definition) is 5. The highest BCUT2D eigenvalue weighted by Gasteiger charge is 2.20. The van der Waals surface area contributed by atoms with Gasteiger partial charge in [0.15, 0.2) is 11.3 Å². The molecule has 0 unspecified atom stereocenters. The minimum atomic E-state index is -3.53. The molecule has 1 heterocycles. The number of thiazole rings is 1. The van der Waals surface area contributed by atoms with Crippen LogP contribution in [0.3, 0.4) is 0 Å². The van der Waals surface area contributed by atoms with E-state index in [1.54, 1.807) is 18.2 Å². The van der Waals surface area contributed by atoms with Crippen LogP contribution in [0.2, 0.25) is 0 Å². The topological polar surface area (TPSA) is 64.1 Å². The van der Waals surface area contributed by atoms with Gasteiger partial charge in [-0.05, 0) is 12.1 Å². The van der Waals surface area contributed by atoms with E-state index in [-0.39, 0.29) is 14.1 Å². The van der Waals surface area contributed by atoms with Gasteiger partial charge in [0, 0.05) is 0 Å². The summed E-state index contributed by atoms with van der Waals surface area (Å²) in [6.45, 7) is 0. The van der Waals surface area contributed by atoms with Crippen LogP contribution < -0.4 is 0 Å². The van der Waals surface area contributed by atoms with E-state index in [0.29, 0.717) is 6.29 Å². The van der Waals surface area contributed by atoms with Crippen LogP contribution in [0.1, 0.15) is 9.80 Å². The minimum absolute atomic E-state index is 0.0841. The van der Waals surface area contributed by atoms with Gasteiger partial charge in [-0.1, -0.05) is 29.5 Å². The summed E-state index contributed by atoms with van der Waals surface area (Å²) in [4.78, 5) is 14.3. The lowest BCUT2D eigenvalue weighted by atomic mass is 10.4. The third-order valence-electron chi connectivity index (χ3n) is 1.92. The van der Waals surface area contributed by atoms with Crippen molar-refractivity contribution in [1.29, 1.82) is 0 Å². The van der Waals surface area contributed by atoms with E-state index in [9.17, 15) is 13.2 Å². The molecule has 0 spiro atoms. The summed E-state index contributed by atoms with van der Waals surface area (Å²) >= 11 is 0.868. The average Bonchev–Trinajstić information content (AvgIpc) is 2.79. The summed E-state index contributed by atoms with van der Waals surface area (Å²) in [6.07, 6.45) is 1.74. The molecule has 0 saturated heterocycles. The second-order valence-electron chi connectivity index (χ2n) is 2.95. The third-order valence-corrected chi connectivity index (χ3v) is 5.08. The maximum Gasteiger partial charge on any atom is 0.217 e. The molecular formula is C10H7NO3S2. The molecule has 0 saturated carbocycles. The Kier molecular flexibility index (Phi) is 2.84. The standard InChI is InChI=1S/C10H7NO3S2/c12-7-9-11-6-10(15-9)16(13,14)8-4-2-1-3-5-8/h1-7H. The summed E-state index contributed by atoms with van der Waals surface area (Å²) in [5.74, 6) is 0. The van der Waals surface area contributed by atoms with Gasteiger partial charge in [-0.25, -0.2) is 13.4 Å². The first kappa shape index (κ1) is 11.0. The average molecular weight is 253 g/mol. The molecular weight excluding hydrogens is 246 g/mol. The highest BCUT2D eigenvalue weighted by molar-refractivity contribution is 7.93. The largest absolute Gasteiger partial charge is 0.295 e. The monoisotopic (exact) mass is 253 g/mol. The van der Waals surface area contributed by atoms with Crippen LogP contribution in [0.25, 0.3) is 0 Å². The predicted octanol–water partition coefficient (Wildman–Crippen LogP) is 1.79. The summed E-state index contributed by atoms with van der Waals surface area (Å²) in [5, 5.41) is 0.162. The van der Waals surface area contributed by atoms with Crippen molar-refractivity contribution < 1.29 is 13.2 Å². The maximum absolute atomic E-state index is 12.0. The molecule has 2 aromatic rings. The minimum Gasteiger partial charge on any atom is -0.295 e. The molecule has 1 aromatic heterocycles. The first-order valence-corrected chi connectivity index (χ1v) is 6.66. The van der Waals surface area contributed by atoms with Gasteiger partial charge in [-0.15, -0.1) is 0 Å². The van der Waals surface area contributed by atoms with Gasteiger partial charge < -0.3 is 0 Å². The van der Waals surface area contributed by atoms with Crippen molar-refractivity contribution >= 4 is 27.5 Å². The summed E-state index contributed by atoms with van der Waals surface area (Å²) < 4.78 is 24.1. The Hall–Kier alpha value is -1.53. The zero-order chi connectivity index (χ0) is 11.6. The number of hydrogen-bond donors (Lipinski definition) is 0. The number of sulfone groups is 1. The van der Waals surface area contributed by atoms with Crippen molar-refractivity contribution in [2.24, 2.45) is 0 Å². The Labute approximate surface area is 96.5 Å². The molecule has 0 bridgehead atoms. The fraction of sp³-hybridized carbons (Fsp3) is 0. The van der Waals surface area contributed by atoms with E-state index >= 15 is 0 Å². The zero-order valence-electron chi connectivity index (χ0n) is 8.03. The molecule has 0 atom stereocenters. The van der Waals surface area contributed by atoms with Crippen LogP contribution in [-0.4, -0.2) is 19.7 Å². The number of benzene rings is 1. The highest BCUT2D eigenvalue weighted by Crippen LogP contribution is 2.24. The molecule has 4 nitrogen and oxygen atoms in total. The zero-order valence-corrected chi connectivity index (χ0v) is 9.66. The molecule has 0 aliphatic carbocycles. The van der Waals surface area contributed by atoms with Gasteiger partial charge in [0.1, 0.15) is 4.21 Å². The highest BCUT2D eigenvalue weighted by atomic mass is 32.2. The van der Waals surface area contributed by atoms with E-state index in [2.05, 4.69) is 4.98 Å². The van der Waals surface area contributed by atoms with Crippen LogP contribution in [0.5, 0.6) is 0 Å². The maximum atomic E-state index is 12.0. The van der Waals surface area contributed by atoms with Crippen molar-refractivity contribution in [3.05, 3.63) is 41.5 Å². The molecule has 0 fully saturated rings. The van der Waals surface area contributed by atoms with Gasteiger partial charge in [-0.2, -0.15) is 0 Å². The number of carbonyl (C=O) groups excluding carboxylic acids is 1. The van der Waals surface area contributed by atoms with Crippen LogP contribution in [0.4, 0.5) is 0 Å². The first-order chi connectivity index (χ1) is 7.64. The molecule has 0 aliphatic rings. The molecule has 0 radical (unpaired) electrons. The third kappa shape index (κ3) is 1.89. The second kappa shape index (κ2) is 4.15. The number of nitrogens with zero attached hydrogens (tertiary/aromatic N) is 1. The van der Waals surface area contributed by atoms with Crippen molar-refractivity contribution in [1.82, 2.24) is 4.98 Å². The van der Waals surface area contributed by atoms with Gasteiger partial charge in [0.05, 0.1) is 11.1 Å². The van der Waals surface area contributed by atoms with E-state index in [1.807, 2.05) is 0 Å². The molecule has 82 valence electrons. The van der Waals surface area contributed by atoms with Gasteiger partial charge in [0.25, 0.3) is 0 Å². The number of rotatable bonds is 3. The predicted molar refractivity (Wildman–Crippen MR) is 59.4 cm³/mol. The smallest absolute Gasteiger partial charge is 0.217 e. The lowest BCUT2D eigenvalue weighted by molar-refractivity contribution is 0.112. The molecule has 0 aliphatic heterocycles. The van der Waals surface area contributed by atoms with Gasteiger partial charge in [0.2, 0.25) is 9.84 Å². The van der Waals surface area contributed by atoms with Crippen LogP contribution in [0, 0.1) is 0 Å². The number of aromatic nitrogens is 1. The van der Waals surface area contributed by atoms with Crippen LogP contribution >= 0.6 is 11.3 Å². The second-order valence-corrected chi connectivity index (χ2v) is 6.19. The van der Waals surface area contributed by atoms with Crippen molar-refractivity contribution in [2.45, 2.75) is 9.10 Å². The fourth-order valence-corrected chi connectivity index (χ4v) is 3.55. The Morgan fingerprint density at radius 1 is 1.19 bits per heavy atom. The van der Waals surface area contributed by atoms with Crippen molar-refractivity contribution in [3.63, 3.8) is 0 Å². The van der Waals surface area contributed by atoms with Gasteiger partial charge in [-0.3, -0.25) is 4.79 Å². The Morgan fingerprint density at radius 2 is 1.88 bits per heavy atom. The number of aldehydes is 1. The van der Waals surface area contributed by atoms with Crippen molar-refractivity contribution in [2.75, 3.05) is 0 Å². The number of carbonyl (C=O) groups is 1. The van der Waals surface area contributed by atoms with E-state index in [4.69, 9.17) is 0 Å². The summed E-state index contributed by atoms with van der Waals surface area (Å²) in [6, 6.07) is 8.05. The van der Waals surface area contributed by atoms with E-state index in [1.165, 1.54) is 18.3 Å². The lowest BCUT2D eigenvalue weighted by Gasteiger charge is -1.99. The molecule has 6 heteroatoms. The SMILES string of the molecule is O=Cc1ncc(S(=O)(=O)c2ccccc2)s1. The first-order valence-electron chi connectivity index (χ1n) is 4.36. The normalized spacial score (nSPS) is 11.2. The summed E-state index contributed by atoms with van der Waals surface area (Å²) in [7, 11) is -3.53. The fourth-order valence-electron chi connectivity index (χ4n) is 1.17. The molecule has 2 rings (SSSR count). The van der Waals surface area contributed by atoms with Crippen LogP contribution in [-0.2, 0) is 9.84 Å². The van der Waals surface area contributed by atoms with Gasteiger partial charge >= 0.3 is 0 Å². The quantitative estimate of drug-likeness (QED) is 0.782. The Bertz CT molecular complexity index is 602. The Balaban J connectivity index is 2.51. The molecule has 16 heavy (non-hydrogen) atoms. The molecule has 0 amide bonds. The van der Waals surface area contributed by atoms with Crippen LogP contribution in [0.15, 0.2) is 45.6 Å². The molecule has 0 N–H and O–H groups in total. The van der Waals surface area contributed by atoms with E-state index in [0.717, 1.165) is 11.3 Å². The lowest BCUT2D eigenvalue weighted by Crippen LogP contribution is -1.98. The van der Waals surface area contributed by atoms with Crippen molar-refractivity contribution in [3.8, 4) is 0 Å².